The Morgan fingerprint density at radius 1 is 1.21 bits per heavy atom. The van der Waals surface area contributed by atoms with Gasteiger partial charge >= 0.3 is 0 Å². The van der Waals surface area contributed by atoms with Crippen LogP contribution in [0.3, 0.4) is 0 Å². The van der Waals surface area contributed by atoms with E-state index < -0.39 is 0 Å². The Morgan fingerprint density at radius 3 is 2.58 bits per heavy atom. The minimum absolute atomic E-state index is 0.522. The molecule has 0 radical (unpaired) electrons. The third-order valence-electron chi connectivity index (χ3n) is 4.32. The van der Waals surface area contributed by atoms with Crippen LogP contribution in [0, 0.1) is 12.8 Å². The zero-order chi connectivity index (χ0) is 13.8. The Kier molecular flexibility index (Phi) is 5.00. The summed E-state index contributed by atoms with van der Waals surface area (Å²) in [5.74, 6) is 0.718. The van der Waals surface area contributed by atoms with Crippen molar-refractivity contribution in [2.75, 3.05) is 19.6 Å². The molecule has 2 nitrogen and oxygen atoms in total. The largest absolute Gasteiger partial charge is 0.314 e. The van der Waals surface area contributed by atoms with Crippen LogP contribution in [0.2, 0.25) is 0 Å². The van der Waals surface area contributed by atoms with E-state index in [1.54, 1.807) is 0 Å². The number of nitrogens with one attached hydrogen (secondary N) is 1. The van der Waals surface area contributed by atoms with Gasteiger partial charge in [-0.3, -0.25) is 4.90 Å². The van der Waals surface area contributed by atoms with E-state index in [-0.39, 0.29) is 0 Å². The van der Waals surface area contributed by atoms with E-state index in [0.29, 0.717) is 12.1 Å². The molecule has 19 heavy (non-hydrogen) atoms. The second kappa shape index (κ2) is 6.53. The third kappa shape index (κ3) is 4.05. The molecule has 1 saturated heterocycles. The van der Waals surface area contributed by atoms with Gasteiger partial charge in [0.05, 0.1) is 0 Å². The molecule has 0 saturated carbocycles. The van der Waals surface area contributed by atoms with Gasteiger partial charge < -0.3 is 5.32 Å². The van der Waals surface area contributed by atoms with Gasteiger partial charge in [0.2, 0.25) is 0 Å². The van der Waals surface area contributed by atoms with Gasteiger partial charge in [0.25, 0.3) is 0 Å². The number of benzene rings is 1. The van der Waals surface area contributed by atoms with Gasteiger partial charge in [-0.25, -0.2) is 0 Å². The molecular weight excluding hydrogens is 232 g/mol. The van der Waals surface area contributed by atoms with Gasteiger partial charge in [-0.15, -0.1) is 0 Å². The molecule has 0 aromatic heterocycles. The van der Waals surface area contributed by atoms with Gasteiger partial charge in [-0.2, -0.15) is 0 Å². The van der Waals surface area contributed by atoms with Crippen LogP contribution in [0.4, 0.5) is 0 Å². The average molecular weight is 260 g/mol. The Morgan fingerprint density at radius 2 is 1.89 bits per heavy atom. The van der Waals surface area contributed by atoms with Gasteiger partial charge in [-0.1, -0.05) is 36.8 Å². The summed E-state index contributed by atoms with van der Waals surface area (Å²) >= 11 is 0. The molecule has 1 aliphatic rings. The molecule has 3 atom stereocenters. The zero-order valence-electron chi connectivity index (χ0n) is 12.8. The first-order valence-corrected chi connectivity index (χ1v) is 7.60. The number of rotatable bonds is 2. The SMILES string of the molecule is Cc1ccc(C(C)N2CCC(C)NCC(C)C2)cc1. The van der Waals surface area contributed by atoms with Crippen LogP contribution in [0.25, 0.3) is 0 Å². The summed E-state index contributed by atoms with van der Waals surface area (Å²) in [5.41, 5.74) is 2.79. The number of hydrogen-bond donors (Lipinski definition) is 1. The molecule has 0 bridgehead atoms. The van der Waals surface area contributed by atoms with Crippen LogP contribution in [0.15, 0.2) is 24.3 Å². The maximum atomic E-state index is 3.61. The summed E-state index contributed by atoms with van der Waals surface area (Å²) in [6.45, 7) is 12.7. The second-order valence-corrected chi connectivity index (χ2v) is 6.28. The van der Waals surface area contributed by atoms with Crippen molar-refractivity contribution in [1.29, 1.82) is 0 Å². The minimum Gasteiger partial charge on any atom is -0.314 e. The molecule has 1 fully saturated rings. The molecule has 3 unspecified atom stereocenters. The Bertz CT molecular complexity index is 385. The first-order chi connectivity index (χ1) is 9.06. The van der Waals surface area contributed by atoms with E-state index in [1.165, 1.54) is 30.6 Å². The Balaban J connectivity index is 2.07. The molecule has 1 aromatic rings. The maximum Gasteiger partial charge on any atom is 0.0320 e. The van der Waals surface area contributed by atoms with Crippen molar-refractivity contribution >= 4 is 0 Å². The van der Waals surface area contributed by atoms with E-state index in [9.17, 15) is 0 Å². The first kappa shape index (κ1) is 14.5. The number of nitrogens with zero attached hydrogens (tertiary/aromatic N) is 1. The molecule has 0 amide bonds. The topological polar surface area (TPSA) is 15.3 Å². The van der Waals surface area contributed by atoms with Crippen LogP contribution in [-0.4, -0.2) is 30.6 Å². The highest BCUT2D eigenvalue weighted by Crippen LogP contribution is 2.23. The van der Waals surface area contributed by atoms with Crippen molar-refractivity contribution in [3.8, 4) is 0 Å². The molecular formula is C17H28N2. The van der Waals surface area contributed by atoms with Crippen molar-refractivity contribution < 1.29 is 0 Å². The fraction of sp³-hybridized carbons (Fsp3) is 0.647. The molecule has 106 valence electrons. The van der Waals surface area contributed by atoms with Crippen LogP contribution in [0.1, 0.15) is 44.4 Å². The molecule has 2 rings (SSSR count). The molecule has 0 aliphatic carbocycles. The van der Waals surface area contributed by atoms with Gasteiger partial charge in [0.15, 0.2) is 0 Å². The predicted molar refractivity (Wildman–Crippen MR) is 82.4 cm³/mol. The monoisotopic (exact) mass is 260 g/mol. The van der Waals surface area contributed by atoms with Gasteiger partial charge in [0, 0.05) is 25.2 Å². The Labute approximate surface area is 118 Å². The van der Waals surface area contributed by atoms with Crippen molar-refractivity contribution in [2.24, 2.45) is 5.92 Å². The van der Waals surface area contributed by atoms with Gasteiger partial charge in [0.1, 0.15) is 0 Å². The van der Waals surface area contributed by atoms with E-state index in [1.807, 2.05) is 0 Å². The summed E-state index contributed by atoms with van der Waals surface area (Å²) in [6.07, 6.45) is 1.24. The van der Waals surface area contributed by atoms with E-state index in [0.717, 1.165) is 12.5 Å². The summed E-state index contributed by atoms with van der Waals surface area (Å²) < 4.78 is 0. The van der Waals surface area contributed by atoms with E-state index >= 15 is 0 Å². The average Bonchev–Trinajstić information content (AvgIpc) is 2.39. The van der Waals surface area contributed by atoms with E-state index in [2.05, 4.69) is 62.2 Å². The lowest BCUT2D eigenvalue weighted by Crippen LogP contribution is -2.43. The van der Waals surface area contributed by atoms with Crippen molar-refractivity contribution in [1.82, 2.24) is 10.2 Å². The maximum absolute atomic E-state index is 3.61. The standard InChI is InChI=1S/C17H28N2/c1-13-5-7-17(8-6-13)16(4)19-10-9-15(3)18-11-14(2)12-19/h5-8,14-16,18H,9-12H2,1-4H3. The fourth-order valence-corrected chi connectivity index (χ4v) is 2.83. The van der Waals surface area contributed by atoms with Crippen LogP contribution >= 0.6 is 0 Å². The zero-order valence-corrected chi connectivity index (χ0v) is 12.8. The lowest BCUT2D eigenvalue weighted by atomic mass is 10.0. The third-order valence-corrected chi connectivity index (χ3v) is 4.32. The normalized spacial score (nSPS) is 27.6. The molecule has 1 aromatic carbocycles. The fourth-order valence-electron chi connectivity index (χ4n) is 2.83. The van der Waals surface area contributed by atoms with Crippen molar-refractivity contribution in [3.05, 3.63) is 35.4 Å². The molecule has 1 aliphatic heterocycles. The molecule has 1 heterocycles. The Hall–Kier alpha value is -0.860. The summed E-state index contributed by atoms with van der Waals surface area (Å²) in [6, 6.07) is 10.2. The lowest BCUT2D eigenvalue weighted by molar-refractivity contribution is 0.156. The van der Waals surface area contributed by atoms with Crippen LogP contribution < -0.4 is 5.32 Å². The highest BCUT2D eigenvalue weighted by Gasteiger charge is 2.21. The molecule has 0 spiro atoms. The predicted octanol–water partition coefficient (Wildman–Crippen LogP) is 3.38. The quantitative estimate of drug-likeness (QED) is 0.877. The number of hydrogen-bond acceptors (Lipinski definition) is 2. The molecule has 1 N–H and O–H groups in total. The molecule has 2 heteroatoms. The van der Waals surface area contributed by atoms with Crippen molar-refractivity contribution in [3.63, 3.8) is 0 Å². The second-order valence-electron chi connectivity index (χ2n) is 6.28. The first-order valence-electron chi connectivity index (χ1n) is 7.60. The summed E-state index contributed by atoms with van der Waals surface area (Å²) in [5, 5.41) is 3.61. The highest BCUT2D eigenvalue weighted by atomic mass is 15.2. The highest BCUT2D eigenvalue weighted by molar-refractivity contribution is 5.23. The van der Waals surface area contributed by atoms with Crippen LogP contribution in [-0.2, 0) is 0 Å². The van der Waals surface area contributed by atoms with Gasteiger partial charge in [-0.05, 0) is 45.2 Å². The van der Waals surface area contributed by atoms with Crippen molar-refractivity contribution in [2.45, 2.75) is 46.2 Å². The van der Waals surface area contributed by atoms with E-state index in [4.69, 9.17) is 0 Å². The smallest absolute Gasteiger partial charge is 0.0320 e. The summed E-state index contributed by atoms with van der Waals surface area (Å²) in [4.78, 5) is 2.65. The summed E-state index contributed by atoms with van der Waals surface area (Å²) in [7, 11) is 0. The lowest BCUT2D eigenvalue weighted by Gasteiger charge is -2.35. The number of aryl methyl sites for hydroxylation is 1. The van der Waals surface area contributed by atoms with Crippen LogP contribution in [0.5, 0.6) is 0 Å². The minimum atomic E-state index is 0.522.